The highest BCUT2D eigenvalue weighted by molar-refractivity contribution is 14.1. The highest BCUT2D eigenvalue weighted by Crippen LogP contribution is 2.26. The summed E-state index contributed by atoms with van der Waals surface area (Å²) in [5, 5.41) is 3.17. The van der Waals surface area contributed by atoms with Crippen LogP contribution in [-0.4, -0.2) is 4.98 Å². The van der Waals surface area contributed by atoms with Gasteiger partial charge in [0.15, 0.2) is 0 Å². The second-order valence-electron chi connectivity index (χ2n) is 3.83. The zero-order valence-electron chi connectivity index (χ0n) is 9.28. The smallest absolute Gasteiger partial charge is 0.0897 e. The van der Waals surface area contributed by atoms with Gasteiger partial charge in [-0.1, -0.05) is 15.9 Å². The molecular weight excluding hydrogens is 411 g/mol. The average Bonchev–Trinajstić information content (AvgIpc) is 2.67. The van der Waals surface area contributed by atoms with Crippen molar-refractivity contribution in [2.24, 2.45) is 5.73 Å². The molecule has 0 aliphatic carbocycles. The maximum atomic E-state index is 6.24. The summed E-state index contributed by atoms with van der Waals surface area (Å²) in [5.41, 5.74) is 8.45. The van der Waals surface area contributed by atoms with E-state index in [4.69, 9.17) is 5.73 Å². The zero-order chi connectivity index (χ0) is 12.4. The number of halogens is 2. The molecule has 1 atom stereocenters. The van der Waals surface area contributed by atoms with E-state index >= 15 is 0 Å². The van der Waals surface area contributed by atoms with Gasteiger partial charge >= 0.3 is 0 Å². The van der Waals surface area contributed by atoms with Crippen LogP contribution in [0.25, 0.3) is 0 Å². The molecule has 0 saturated heterocycles. The lowest BCUT2D eigenvalue weighted by Gasteiger charge is -2.13. The van der Waals surface area contributed by atoms with Crippen LogP contribution in [0.15, 0.2) is 28.1 Å². The van der Waals surface area contributed by atoms with Gasteiger partial charge in [0.2, 0.25) is 0 Å². The molecule has 90 valence electrons. The van der Waals surface area contributed by atoms with Crippen molar-refractivity contribution in [1.29, 1.82) is 0 Å². The van der Waals surface area contributed by atoms with E-state index in [0.717, 1.165) is 27.2 Å². The number of aromatic nitrogens is 1. The number of nitrogens with zero attached hydrogens (tertiary/aromatic N) is 1. The fraction of sp³-hybridized carbons (Fsp3) is 0.250. The van der Waals surface area contributed by atoms with Crippen LogP contribution in [0.5, 0.6) is 0 Å². The number of hydrogen-bond acceptors (Lipinski definition) is 3. The first-order valence-electron chi connectivity index (χ1n) is 5.18. The lowest BCUT2D eigenvalue weighted by atomic mass is 10.0. The quantitative estimate of drug-likeness (QED) is 0.757. The monoisotopic (exact) mass is 422 g/mol. The Morgan fingerprint density at radius 1 is 1.53 bits per heavy atom. The normalized spacial score (nSPS) is 12.7. The molecule has 0 fully saturated rings. The van der Waals surface area contributed by atoms with Gasteiger partial charge in [-0.15, -0.1) is 11.3 Å². The van der Waals surface area contributed by atoms with Gasteiger partial charge in [0.25, 0.3) is 0 Å². The Bertz CT molecular complexity index is 527. The van der Waals surface area contributed by atoms with Crippen molar-refractivity contribution < 1.29 is 0 Å². The molecule has 0 aliphatic heterocycles. The molecule has 1 aromatic heterocycles. The second kappa shape index (κ2) is 5.77. The molecular formula is C12H12BrIN2S. The van der Waals surface area contributed by atoms with Crippen LogP contribution in [0.1, 0.15) is 22.3 Å². The van der Waals surface area contributed by atoms with E-state index in [1.54, 1.807) is 11.3 Å². The third kappa shape index (κ3) is 3.49. The molecule has 2 rings (SSSR count). The molecule has 1 unspecified atom stereocenters. The Kier molecular flexibility index (Phi) is 4.57. The lowest BCUT2D eigenvalue weighted by Crippen LogP contribution is -2.14. The molecule has 1 aromatic carbocycles. The van der Waals surface area contributed by atoms with Crippen LogP contribution >= 0.6 is 49.9 Å². The minimum Gasteiger partial charge on any atom is -0.324 e. The minimum atomic E-state index is -0.0133. The van der Waals surface area contributed by atoms with Crippen molar-refractivity contribution in [1.82, 2.24) is 4.98 Å². The predicted octanol–water partition coefficient (Wildman–Crippen LogP) is 4.06. The number of rotatable bonds is 3. The standard InChI is InChI=1S/C12H12BrIN2S/c1-7-16-9(6-17-7)5-12(15)10-4-8(14)2-3-11(10)13/h2-4,6,12H,5,15H2,1H3. The van der Waals surface area contributed by atoms with Gasteiger partial charge in [-0.25, -0.2) is 4.98 Å². The molecule has 0 bridgehead atoms. The number of thiazole rings is 1. The molecule has 0 spiro atoms. The average molecular weight is 423 g/mol. The number of aryl methyl sites for hydroxylation is 1. The summed E-state index contributed by atoms with van der Waals surface area (Å²) in [6.07, 6.45) is 0.781. The molecule has 2 aromatic rings. The van der Waals surface area contributed by atoms with Crippen molar-refractivity contribution in [3.05, 3.63) is 47.9 Å². The summed E-state index contributed by atoms with van der Waals surface area (Å²) in [7, 11) is 0. The third-order valence-electron chi connectivity index (χ3n) is 2.45. The molecule has 1 heterocycles. The van der Waals surface area contributed by atoms with Gasteiger partial charge in [0.1, 0.15) is 0 Å². The fourth-order valence-corrected chi connectivity index (χ4v) is 3.32. The predicted molar refractivity (Wildman–Crippen MR) is 84.3 cm³/mol. The van der Waals surface area contributed by atoms with Gasteiger partial charge in [-0.3, -0.25) is 0 Å². The molecule has 0 saturated carbocycles. The Balaban J connectivity index is 2.19. The van der Waals surface area contributed by atoms with Crippen molar-refractivity contribution >= 4 is 49.9 Å². The number of hydrogen-bond donors (Lipinski definition) is 1. The maximum absolute atomic E-state index is 6.24. The van der Waals surface area contributed by atoms with Crippen molar-refractivity contribution in [3.63, 3.8) is 0 Å². The summed E-state index contributed by atoms with van der Waals surface area (Å²) in [4.78, 5) is 4.45. The molecule has 0 radical (unpaired) electrons. The lowest BCUT2D eigenvalue weighted by molar-refractivity contribution is 0.705. The largest absolute Gasteiger partial charge is 0.324 e. The third-order valence-corrected chi connectivity index (χ3v) is 4.67. The molecule has 17 heavy (non-hydrogen) atoms. The first-order valence-corrected chi connectivity index (χ1v) is 7.93. The molecule has 5 heteroatoms. The van der Waals surface area contributed by atoms with Gasteiger partial charge in [-0.05, 0) is 53.3 Å². The van der Waals surface area contributed by atoms with E-state index in [1.165, 1.54) is 3.57 Å². The zero-order valence-corrected chi connectivity index (χ0v) is 13.8. The molecule has 2 nitrogen and oxygen atoms in total. The topological polar surface area (TPSA) is 38.9 Å². The van der Waals surface area contributed by atoms with Crippen molar-refractivity contribution in [2.75, 3.05) is 0 Å². The Labute approximate surface area is 127 Å². The molecule has 0 aliphatic rings. The maximum Gasteiger partial charge on any atom is 0.0897 e. The van der Waals surface area contributed by atoms with Crippen LogP contribution < -0.4 is 5.73 Å². The summed E-state index contributed by atoms with van der Waals surface area (Å²) < 4.78 is 2.27. The van der Waals surface area contributed by atoms with Crippen LogP contribution in [0.2, 0.25) is 0 Å². The Morgan fingerprint density at radius 3 is 2.94 bits per heavy atom. The first kappa shape index (κ1) is 13.5. The molecule has 2 N–H and O–H groups in total. The van der Waals surface area contributed by atoms with Crippen LogP contribution in [0.3, 0.4) is 0 Å². The highest BCUT2D eigenvalue weighted by Gasteiger charge is 2.12. The number of benzene rings is 1. The van der Waals surface area contributed by atoms with Crippen LogP contribution in [0.4, 0.5) is 0 Å². The fourth-order valence-electron chi connectivity index (χ4n) is 1.64. The van der Waals surface area contributed by atoms with E-state index in [2.05, 4.69) is 61.0 Å². The Morgan fingerprint density at radius 2 is 2.29 bits per heavy atom. The van der Waals surface area contributed by atoms with E-state index in [9.17, 15) is 0 Å². The van der Waals surface area contributed by atoms with Gasteiger partial charge < -0.3 is 5.73 Å². The summed E-state index contributed by atoms with van der Waals surface area (Å²) in [6.45, 7) is 2.01. The van der Waals surface area contributed by atoms with Crippen LogP contribution in [0, 0.1) is 10.5 Å². The second-order valence-corrected chi connectivity index (χ2v) is 7.00. The van der Waals surface area contributed by atoms with Gasteiger partial charge in [-0.2, -0.15) is 0 Å². The van der Waals surface area contributed by atoms with E-state index in [-0.39, 0.29) is 6.04 Å². The van der Waals surface area contributed by atoms with Crippen molar-refractivity contribution in [2.45, 2.75) is 19.4 Å². The summed E-state index contributed by atoms with van der Waals surface area (Å²) in [5.74, 6) is 0. The van der Waals surface area contributed by atoms with E-state index in [0.29, 0.717) is 0 Å². The molecule has 0 amide bonds. The van der Waals surface area contributed by atoms with Crippen LogP contribution in [-0.2, 0) is 6.42 Å². The summed E-state index contributed by atoms with van der Waals surface area (Å²) in [6, 6.07) is 6.21. The SMILES string of the molecule is Cc1nc(CC(N)c2cc(I)ccc2Br)cs1. The van der Waals surface area contributed by atoms with Gasteiger partial charge in [0.05, 0.1) is 10.7 Å². The minimum absolute atomic E-state index is 0.0133. The Hall–Kier alpha value is 0.0200. The van der Waals surface area contributed by atoms with Crippen molar-refractivity contribution in [3.8, 4) is 0 Å². The van der Waals surface area contributed by atoms with E-state index < -0.39 is 0 Å². The van der Waals surface area contributed by atoms with Gasteiger partial charge in [0, 0.05) is 25.9 Å². The summed E-state index contributed by atoms with van der Waals surface area (Å²) >= 11 is 7.52. The number of nitrogens with two attached hydrogens (primary N) is 1. The highest BCUT2D eigenvalue weighted by atomic mass is 127. The van der Waals surface area contributed by atoms with E-state index in [1.807, 2.05) is 13.0 Å². The first-order chi connectivity index (χ1) is 8.06.